The lowest BCUT2D eigenvalue weighted by molar-refractivity contribution is 0.879. The molecule has 0 saturated heterocycles. The molecule has 0 aliphatic carbocycles. The van der Waals surface area contributed by atoms with Crippen molar-refractivity contribution in [2.45, 2.75) is 6.54 Å². The van der Waals surface area contributed by atoms with Gasteiger partial charge in [-0.2, -0.15) is 5.10 Å². The molecule has 1 heterocycles. The number of hydrogen-bond donors (Lipinski definition) is 2. The molecule has 0 bridgehead atoms. The van der Waals surface area contributed by atoms with Crippen LogP contribution in [-0.2, 0) is 6.54 Å². The van der Waals surface area contributed by atoms with Gasteiger partial charge in [0.05, 0.1) is 22.1 Å². The second-order valence-electron chi connectivity index (χ2n) is 6.44. The molecule has 0 saturated carbocycles. The maximum atomic E-state index is 6.20. The minimum absolute atomic E-state index is 0.504. The van der Waals surface area contributed by atoms with E-state index in [1.165, 1.54) is 0 Å². The number of anilines is 1. The normalized spacial score (nSPS) is 10.5. The van der Waals surface area contributed by atoms with Crippen molar-refractivity contribution in [3.63, 3.8) is 0 Å². The van der Waals surface area contributed by atoms with Crippen LogP contribution in [0.3, 0.4) is 0 Å². The van der Waals surface area contributed by atoms with E-state index in [4.69, 9.17) is 28.9 Å². The number of nitrogens with one attached hydrogen (secondary N) is 2. The summed E-state index contributed by atoms with van der Waals surface area (Å²) >= 11 is 11.6. The Morgan fingerprint density at radius 2 is 1.55 bits per heavy atom. The van der Waals surface area contributed by atoms with Crippen molar-refractivity contribution in [2.24, 2.45) is 0 Å². The molecule has 2 N–H and O–H groups in total. The third-order valence-corrected chi connectivity index (χ3v) is 5.00. The topological polar surface area (TPSA) is 41.9 Å². The highest BCUT2D eigenvalue weighted by molar-refractivity contribution is 7.80. The largest absolute Gasteiger partial charge is 0.358 e. The third kappa shape index (κ3) is 4.65. The molecule has 3 aromatic carbocycles. The first-order chi connectivity index (χ1) is 14.2. The minimum atomic E-state index is 0.504. The predicted molar refractivity (Wildman–Crippen MR) is 124 cm³/mol. The molecule has 0 aliphatic rings. The number of rotatable bonds is 5. The van der Waals surface area contributed by atoms with Crippen LogP contribution in [0.2, 0.25) is 5.02 Å². The molecule has 0 atom stereocenters. The van der Waals surface area contributed by atoms with Gasteiger partial charge in [0.15, 0.2) is 5.11 Å². The summed E-state index contributed by atoms with van der Waals surface area (Å²) < 4.78 is 1.89. The van der Waals surface area contributed by atoms with E-state index in [9.17, 15) is 0 Å². The van der Waals surface area contributed by atoms with Gasteiger partial charge < -0.3 is 10.6 Å². The lowest BCUT2D eigenvalue weighted by Gasteiger charge is -2.11. The fourth-order valence-electron chi connectivity index (χ4n) is 3.00. The van der Waals surface area contributed by atoms with Crippen LogP contribution in [0.4, 0.5) is 5.69 Å². The Kier molecular flexibility index (Phi) is 5.89. The lowest BCUT2D eigenvalue weighted by Crippen LogP contribution is -2.28. The van der Waals surface area contributed by atoms with Gasteiger partial charge in [0.1, 0.15) is 0 Å². The molecule has 0 radical (unpaired) electrons. The molecular weight excluding hydrogens is 400 g/mol. The van der Waals surface area contributed by atoms with Gasteiger partial charge in [0.25, 0.3) is 0 Å². The van der Waals surface area contributed by atoms with E-state index in [2.05, 4.69) is 22.8 Å². The first-order valence-electron chi connectivity index (χ1n) is 9.19. The zero-order valence-electron chi connectivity index (χ0n) is 15.5. The molecule has 0 fully saturated rings. The van der Waals surface area contributed by atoms with Crippen LogP contribution in [-0.4, -0.2) is 14.9 Å². The van der Waals surface area contributed by atoms with E-state index in [-0.39, 0.29) is 0 Å². The lowest BCUT2D eigenvalue weighted by atomic mass is 10.1. The Hall–Kier alpha value is -3.15. The molecule has 29 heavy (non-hydrogen) atoms. The number of benzene rings is 3. The van der Waals surface area contributed by atoms with Gasteiger partial charge in [-0.1, -0.05) is 72.3 Å². The standard InChI is InChI=1S/C23H19ClN4S/c24-20-13-7-8-14-21(20)26-23(29)25-15-18-16-28(19-11-5-2-6-12-19)27-22(18)17-9-3-1-4-10-17/h1-14,16H,15H2,(H2,25,26,29). The summed E-state index contributed by atoms with van der Waals surface area (Å²) in [5.41, 5.74) is 4.80. The second-order valence-corrected chi connectivity index (χ2v) is 7.25. The van der Waals surface area contributed by atoms with Crippen molar-refractivity contribution < 1.29 is 0 Å². The fourth-order valence-corrected chi connectivity index (χ4v) is 3.36. The monoisotopic (exact) mass is 418 g/mol. The van der Waals surface area contributed by atoms with E-state index in [1.807, 2.05) is 83.7 Å². The van der Waals surface area contributed by atoms with Gasteiger partial charge in [0, 0.05) is 23.9 Å². The number of aromatic nitrogens is 2. The average molecular weight is 419 g/mol. The molecule has 4 rings (SSSR count). The zero-order chi connectivity index (χ0) is 20.1. The number of halogens is 1. The van der Waals surface area contributed by atoms with Crippen LogP contribution in [0.1, 0.15) is 5.56 Å². The number of hydrogen-bond acceptors (Lipinski definition) is 2. The molecule has 0 unspecified atom stereocenters. The Balaban J connectivity index is 1.56. The van der Waals surface area contributed by atoms with Crippen molar-refractivity contribution in [1.82, 2.24) is 15.1 Å². The van der Waals surface area contributed by atoms with E-state index in [0.717, 1.165) is 28.2 Å². The molecular formula is C23H19ClN4S. The summed E-state index contributed by atoms with van der Waals surface area (Å²) in [6.45, 7) is 0.535. The quantitative estimate of drug-likeness (QED) is 0.409. The fraction of sp³-hybridized carbons (Fsp3) is 0.0435. The van der Waals surface area contributed by atoms with Gasteiger partial charge in [-0.15, -0.1) is 0 Å². The number of thiocarbonyl (C=S) groups is 1. The number of nitrogens with zero attached hydrogens (tertiary/aromatic N) is 2. The van der Waals surface area contributed by atoms with E-state index >= 15 is 0 Å². The molecule has 1 aromatic heterocycles. The third-order valence-electron chi connectivity index (χ3n) is 4.42. The Morgan fingerprint density at radius 3 is 2.28 bits per heavy atom. The van der Waals surface area contributed by atoms with Gasteiger partial charge in [0.2, 0.25) is 0 Å². The van der Waals surface area contributed by atoms with Crippen LogP contribution < -0.4 is 10.6 Å². The van der Waals surface area contributed by atoms with Gasteiger partial charge in [-0.3, -0.25) is 0 Å². The molecule has 4 aromatic rings. The smallest absolute Gasteiger partial charge is 0.171 e. The van der Waals surface area contributed by atoms with Crippen LogP contribution in [0.5, 0.6) is 0 Å². The van der Waals surface area contributed by atoms with Crippen molar-refractivity contribution in [3.05, 3.63) is 102 Å². The molecule has 6 heteroatoms. The minimum Gasteiger partial charge on any atom is -0.358 e. The maximum Gasteiger partial charge on any atom is 0.171 e. The average Bonchev–Trinajstić information content (AvgIpc) is 3.20. The van der Waals surface area contributed by atoms with Gasteiger partial charge in [-0.05, 0) is 36.5 Å². The van der Waals surface area contributed by atoms with E-state index in [1.54, 1.807) is 0 Å². The molecule has 0 aliphatic heterocycles. The summed E-state index contributed by atoms with van der Waals surface area (Å²) in [6.07, 6.45) is 2.03. The molecule has 0 spiro atoms. The highest BCUT2D eigenvalue weighted by Gasteiger charge is 2.13. The van der Waals surface area contributed by atoms with E-state index < -0.39 is 0 Å². The molecule has 0 amide bonds. The molecule has 4 nitrogen and oxygen atoms in total. The summed E-state index contributed by atoms with van der Waals surface area (Å²) in [4.78, 5) is 0. The van der Waals surface area contributed by atoms with Crippen LogP contribution in [0.15, 0.2) is 91.1 Å². The second kappa shape index (κ2) is 8.90. The zero-order valence-corrected chi connectivity index (χ0v) is 17.1. The Bertz CT molecular complexity index is 1110. The summed E-state index contributed by atoms with van der Waals surface area (Å²) in [5.74, 6) is 0. The van der Waals surface area contributed by atoms with Crippen molar-refractivity contribution in [3.8, 4) is 16.9 Å². The SMILES string of the molecule is S=C(NCc1cn(-c2ccccc2)nc1-c1ccccc1)Nc1ccccc1Cl. The van der Waals surface area contributed by atoms with Crippen molar-refractivity contribution >= 4 is 34.6 Å². The van der Waals surface area contributed by atoms with Crippen molar-refractivity contribution in [2.75, 3.05) is 5.32 Å². The summed E-state index contributed by atoms with van der Waals surface area (Å²) in [5, 5.41) is 12.3. The first kappa shape index (κ1) is 19.2. The van der Waals surface area contributed by atoms with Gasteiger partial charge in [-0.25, -0.2) is 4.68 Å². The number of para-hydroxylation sites is 2. The summed E-state index contributed by atoms with van der Waals surface area (Å²) in [7, 11) is 0. The van der Waals surface area contributed by atoms with Crippen LogP contribution in [0, 0.1) is 0 Å². The Labute approximate surface area is 180 Å². The molecule has 144 valence electrons. The highest BCUT2D eigenvalue weighted by atomic mass is 35.5. The van der Waals surface area contributed by atoms with Crippen LogP contribution >= 0.6 is 23.8 Å². The predicted octanol–water partition coefficient (Wildman–Crippen LogP) is 5.68. The first-order valence-corrected chi connectivity index (χ1v) is 9.98. The van der Waals surface area contributed by atoms with E-state index in [0.29, 0.717) is 16.7 Å². The summed E-state index contributed by atoms with van der Waals surface area (Å²) in [6, 6.07) is 27.7. The van der Waals surface area contributed by atoms with Crippen LogP contribution in [0.25, 0.3) is 16.9 Å². The Morgan fingerprint density at radius 1 is 0.897 bits per heavy atom. The maximum absolute atomic E-state index is 6.20. The van der Waals surface area contributed by atoms with Crippen molar-refractivity contribution in [1.29, 1.82) is 0 Å². The van der Waals surface area contributed by atoms with Gasteiger partial charge >= 0.3 is 0 Å². The highest BCUT2D eigenvalue weighted by Crippen LogP contribution is 2.24.